The standard InChI is InChI=1S/C29H30N2O4S/c32-27(30-13-15-36-16-14-30)19-24(18-23-11-6-10-22-9-4-5-12-26(22)23)28(33)31-25(20-35-29(31)34)17-21-7-2-1-3-8-21/h1-12,24-25H,13-20H2/t24-,25+/m1/s1. The van der Waals surface area contributed by atoms with Crippen molar-refractivity contribution in [2.45, 2.75) is 25.3 Å². The van der Waals surface area contributed by atoms with Crippen LogP contribution in [0.4, 0.5) is 4.79 Å². The molecule has 2 atom stereocenters. The number of benzene rings is 3. The fourth-order valence-corrected chi connectivity index (χ4v) is 6.00. The maximum absolute atomic E-state index is 14.0. The third-order valence-corrected chi connectivity index (χ3v) is 7.94. The number of carbonyl (C=O) groups excluding carboxylic acids is 3. The van der Waals surface area contributed by atoms with Gasteiger partial charge in [0.25, 0.3) is 0 Å². The fraction of sp³-hybridized carbons (Fsp3) is 0.345. The van der Waals surface area contributed by atoms with Crippen LogP contribution in [0.2, 0.25) is 0 Å². The molecule has 2 aliphatic heterocycles. The summed E-state index contributed by atoms with van der Waals surface area (Å²) in [7, 11) is 0. The lowest BCUT2D eigenvalue weighted by molar-refractivity contribution is -0.140. The SMILES string of the molecule is O=C(C[C@@H](Cc1cccc2ccccc12)C(=O)N1C(=O)OC[C@@H]1Cc1ccccc1)N1CCSCC1. The van der Waals surface area contributed by atoms with Gasteiger partial charge in [0.15, 0.2) is 0 Å². The van der Waals surface area contributed by atoms with Crippen molar-refractivity contribution >= 4 is 40.4 Å². The van der Waals surface area contributed by atoms with Gasteiger partial charge in [-0.1, -0.05) is 72.8 Å². The van der Waals surface area contributed by atoms with Crippen molar-refractivity contribution in [2.75, 3.05) is 31.2 Å². The molecular weight excluding hydrogens is 472 g/mol. The molecule has 3 aromatic rings. The first-order chi connectivity index (χ1) is 17.6. The number of fused-ring (bicyclic) bond motifs is 1. The maximum Gasteiger partial charge on any atom is 0.416 e. The van der Waals surface area contributed by atoms with Crippen LogP contribution < -0.4 is 0 Å². The molecule has 0 N–H and O–H groups in total. The van der Waals surface area contributed by atoms with E-state index in [0.29, 0.717) is 25.9 Å². The number of carbonyl (C=O) groups is 3. The highest BCUT2D eigenvalue weighted by Crippen LogP contribution is 2.27. The van der Waals surface area contributed by atoms with E-state index in [1.807, 2.05) is 89.5 Å². The molecule has 7 heteroatoms. The third-order valence-electron chi connectivity index (χ3n) is 6.99. The van der Waals surface area contributed by atoms with E-state index in [-0.39, 0.29) is 30.9 Å². The summed E-state index contributed by atoms with van der Waals surface area (Å²) in [5.41, 5.74) is 2.03. The normalized spacial score (nSPS) is 18.8. The van der Waals surface area contributed by atoms with Crippen molar-refractivity contribution < 1.29 is 19.1 Å². The van der Waals surface area contributed by atoms with Crippen molar-refractivity contribution in [3.8, 4) is 0 Å². The number of nitrogens with zero attached hydrogens (tertiary/aromatic N) is 2. The monoisotopic (exact) mass is 502 g/mol. The second-order valence-electron chi connectivity index (χ2n) is 9.37. The Morgan fingerprint density at radius 3 is 2.47 bits per heavy atom. The zero-order chi connectivity index (χ0) is 24.9. The van der Waals surface area contributed by atoms with Gasteiger partial charge in [-0.3, -0.25) is 9.59 Å². The first-order valence-electron chi connectivity index (χ1n) is 12.5. The fourth-order valence-electron chi connectivity index (χ4n) is 5.10. The van der Waals surface area contributed by atoms with Crippen LogP contribution in [-0.2, 0) is 27.2 Å². The number of cyclic esters (lactones) is 1. The molecule has 5 rings (SSSR count). The van der Waals surface area contributed by atoms with Gasteiger partial charge < -0.3 is 9.64 Å². The summed E-state index contributed by atoms with van der Waals surface area (Å²) in [4.78, 5) is 43.1. The number of imide groups is 1. The molecule has 186 valence electrons. The summed E-state index contributed by atoms with van der Waals surface area (Å²) >= 11 is 1.84. The molecule has 2 aliphatic rings. The second kappa shape index (κ2) is 11.2. The van der Waals surface area contributed by atoms with Crippen LogP contribution in [0.15, 0.2) is 72.8 Å². The molecule has 3 aromatic carbocycles. The summed E-state index contributed by atoms with van der Waals surface area (Å²) < 4.78 is 5.33. The predicted molar refractivity (Wildman–Crippen MR) is 142 cm³/mol. The lowest BCUT2D eigenvalue weighted by atomic mass is 9.90. The van der Waals surface area contributed by atoms with Gasteiger partial charge in [-0.2, -0.15) is 11.8 Å². The number of hydrogen-bond acceptors (Lipinski definition) is 5. The van der Waals surface area contributed by atoms with Crippen molar-refractivity contribution in [3.63, 3.8) is 0 Å². The van der Waals surface area contributed by atoms with Gasteiger partial charge in [-0.05, 0) is 34.7 Å². The molecule has 0 aliphatic carbocycles. The van der Waals surface area contributed by atoms with Gasteiger partial charge in [-0.15, -0.1) is 0 Å². The average Bonchev–Trinajstić information content (AvgIpc) is 3.28. The minimum absolute atomic E-state index is 0.0268. The Kier molecular flexibility index (Phi) is 7.56. The van der Waals surface area contributed by atoms with Gasteiger partial charge >= 0.3 is 6.09 Å². The Labute approximate surface area is 215 Å². The van der Waals surface area contributed by atoms with Crippen LogP contribution in [0.3, 0.4) is 0 Å². The Bertz CT molecular complexity index is 1240. The maximum atomic E-state index is 14.0. The lowest BCUT2D eigenvalue weighted by Gasteiger charge is -2.30. The summed E-state index contributed by atoms with van der Waals surface area (Å²) in [6.45, 7) is 1.56. The highest BCUT2D eigenvalue weighted by Gasteiger charge is 2.41. The average molecular weight is 503 g/mol. The molecule has 2 saturated heterocycles. The number of rotatable bonds is 7. The van der Waals surface area contributed by atoms with E-state index in [9.17, 15) is 14.4 Å². The number of ether oxygens (including phenoxy) is 1. The van der Waals surface area contributed by atoms with E-state index in [4.69, 9.17) is 4.74 Å². The Hall–Kier alpha value is -3.32. The molecule has 0 spiro atoms. The first-order valence-corrected chi connectivity index (χ1v) is 13.6. The summed E-state index contributed by atoms with van der Waals surface area (Å²) in [5.74, 6) is 0.810. The molecule has 0 unspecified atom stereocenters. The van der Waals surface area contributed by atoms with E-state index in [2.05, 4.69) is 0 Å². The van der Waals surface area contributed by atoms with E-state index in [1.54, 1.807) is 0 Å². The lowest BCUT2D eigenvalue weighted by Crippen LogP contribution is -2.46. The Balaban J connectivity index is 1.42. The minimum atomic E-state index is -0.651. The Morgan fingerprint density at radius 2 is 1.67 bits per heavy atom. The minimum Gasteiger partial charge on any atom is -0.447 e. The molecular formula is C29H30N2O4S. The predicted octanol–water partition coefficient (Wildman–Crippen LogP) is 4.55. The first kappa shape index (κ1) is 24.4. The largest absolute Gasteiger partial charge is 0.447 e. The quantitative estimate of drug-likeness (QED) is 0.474. The molecule has 0 saturated carbocycles. The number of hydrogen-bond donors (Lipinski definition) is 0. The molecule has 2 fully saturated rings. The third kappa shape index (κ3) is 5.41. The second-order valence-corrected chi connectivity index (χ2v) is 10.6. The van der Waals surface area contributed by atoms with E-state index < -0.39 is 12.0 Å². The zero-order valence-electron chi connectivity index (χ0n) is 20.2. The van der Waals surface area contributed by atoms with Gasteiger partial charge in [-0.25, -0.2) is 9.69 Å². The van der Waals surface area contributed by atoms with Crippen LogP contribution in [0.1, 0.15) is 17.5 Å². The summed E-state index contributed by atoms with van der Waals surface area (Å²) in [6, 6.07) is 23.5. The number of thioether (sulfide) groups is 1. The van der Waals surface area contributed by atoms with Gasteiger partial charge in [0.1, 0.15) is 6.61 Å². The van der Waals surface area contributed by atoms with Crippen LogP contribution in [0.25, 0.3) is 10.8 Å². The van der Waals surface area contributed by atoms with Gasteiger partial charge in [0.2, 0.25) is 11.8 Å². The highest BCUT2D eigenvalue weighted by atomic mass is 32.2. The van der Waals surface area contributed by atoms with Crippen molar-refractivity contribution in [1.82, 2.24) is 9.80 Å². The molecule has 0 radical (unpaired) electrons. The van der Waals surface area contributed by atoms with E-state index in [1.165, 1.54) is 4.90 Å². The molecule has 0 bridgehead atoms. The molecule has 36 heavy (non-hydrogen) atoms. The zero-order valence-corrected chi connectivity index (χ0v) is 21.0. The van der Waals surface area contributed by atoms with Crippen LogP contribution in [0, 0.1) is 5.92 Å². The van der Waals surface area contributed by atoms with Crippen molar-refractivity contribution in [3.05, 3.63) is 83.9 Å². The van der Waals surface area contributed by atoms with Gasteiger partial charge in [0, 0.05) is 31.0 Å². The van der Waals surface area contributed by atoms with E-state index in [0.717, 1.165) is 33.4 Å². The topological polar surface area (TPSA) is 66.9 Å². The number of amides is 3. The van der Waals surface area contributed by atoms with E-state index >= 15 is 0 Å². The molecule has 3 amide bonds. The molecule has 0 aromatic heterocycles. The summed E-state index contributed by atoms with van der Waals surface area (Å²) in [6.07, 6.45) is 0.368. The van der Waals surface area contributed by atoms with Gasteiger partial charge in [0.05, 0.1) is 12.0 Å². The van der Waals surface area contributed by atoms with Crippen LogP contribution in [-0.4, -0.2) is 65.0 Å². The van der Waals surface area contributed by atoms with Crippen LogP contribution >= 0.6 is 11.8 Å². The smallest absolute Gasteiger partial charge is 0.416 e. The Morgan fingerprint density at radius 1 is 0.944 bits per heavy atom. The summed E-state index contributed by atoms with van der Waals surface area (Å²) in [5, 5.41) is 2.15. The highest BCUT2D eigenvalue weighted by molar-refractivity contribution is 7.99. The molecule has 2 heterocycles. The van der Waals surface area contributed by atoms with Crippen molar-refractivity contribution in [1.29, 1.82) is 0 Å². The molecule has 6 nitrogen and oxygen atoms in total. The van der Waals surface area contributed by atoms with Crippen LogP contribution in [0.5, 0.6) is 0 Å². The van der Waals surface area contributed by atoms with Crippen molar-refractivity contribution in [2.24, 2.45) is 5.92 Å².